The van der Waals surface area contributed by atoms with Crippen LogP contribution in [0.1, 0.15) is 30.5 Å². The van der Waals surface area contributed by atoms with Crippen molar-refractivity contribution in [1.82, 2.24) is 0 Å². The first-order valence-corrected chi connectivity index (χ1v) is 8.57. The zero-order valence-electron chi connectivity index (χ0n) is 14.8. The molecule has 0 N–H and O–H groups in total. The molecule has 0 saturated heterocycles. The van der Waals surface area contributed by atoms with Gasteiger partial charge in [0.15, 0.2) is 5.78 Å². The number of rotatable bonds is 1. The highest BCUT2D eigenvalue weighted by Crippen LogP contribution is 2.46. The summed E-state index contributed by atoms with van der Waals surface area (Å²) >= 11 is 0. The second-order valence-corrected chi connectivity index (χ2v) is 7.12. The minimum absolute atomic E-state index is 0.0616. The molecule has 2 aliphatic rings. The van der Waals surface area contributed by atoms with Crippen LogP contribution in [0.4, 0.5) is 5.69 Å². The monoisotopic (exact) mass is 327 g/mol. The number of fused-ring (bicyclic) bond motifs is 2. The van der Waals surface area contributed by atoms with E-state index in [1.807, 2.05) is 36.4 Å². The number of para-hydroxylation sites is 1. The van der Waals surface area contributed by atoms with Gasteiger partial charge < -0.3 is 4.90 Å². The van der Waals surface area contributed by atoms with E-state index in [2.05, 4.69) is 56.1 Å². The fraction of sp³-hybridized carbons (Fsp3) is 0.174. The molecule has 0 aromatic heterocycles. The van der Waals surface area contributed by atoms with Gasteiger partial charge in [0.05, 0.1) is 0 Å². The number of likely N-dealkylation sites (N-methyl/N-ethyl adjacent to an activating group) is 1. The van der Waals surface area contributed by atoms with E-state index in [9.17, 15) is 4.79 Å². The summed E-state index contributed by atoms with van der Waals surface area (Å²) < 4.78 is 0. The summed E-state index contributed by atoms with van der Waals surface area (Å²) in [6.07, 6.45) is 7.63. The molecule has 2 aromatic rings. The summed E-state index contributed by atoms with van der Waals surface area (Å²) in [7, 11) is 2.09. The number of anilines is 1. The van der Waals surface area contributed by atoms with E-state index in [1.165, 1.54) is 16.9 Å². The summed E-state index contributed by atoms with van der Waals surface area (Å²) in [5, 5.41) is 0. The van der Waals surface area contributed by atoms with Crippen LogP contribution in [0, 0.1) is 0 Å². The van der Waals surface area contributed by atoms with Crippen molar-refractivity contribution in [2.75, 3.05) is 11.9 Å². The smallest absolute Gasteiger partial charge is 0.186 e. The van der Waals surface area contributed by atoms with Crippen molar-refractivity contribution in [1.29, 1.82) is 0 Å². The highest BCUT2D eigenvalue weighted by atomic mass is 16.1. The molecule has 4 rings (SSSR count). The Balaban J connectivity index is 1.81. The van der Waals surface area contributed by atoms with Crippen molar-refractivity contribution < 1.29 is 4.79 Å². The lowest BCUT2D eigenvalue weighted by atomic mass is 9.83. The molecule has 2 aromatic carbocycles. The van der Waals surface area contributed by atoms with Gasteiger partial charge in [0, 0.05) is 29.4 Å². The SMILES string of the molecule is CN1C(=CC=C2C(=O)C=Cc3ccccc32)C(C)(C)c2ccccc21. The minimum Gasteiger partial charge on any atom is -0.347 e. The van der Waals surface area contributed by atoms with Gasteiger partial charge in [-0.25, -0.2) is 0 Å². The van der Waals surface area contributed by atoms with Crippen molar-refractivity contribution in [3.05, 3.63) is 89.1 Å². The van der Waals surface area contributed by atoms with Crippen molar-refractivity contribution in [2.24, 2.45) is 0 Å². The summed E-state index contributed by atoms with van der Waals surface area (Å²) in [5.74, 6) is 0.0616. The lowest BCUT2D eigenvalue weighted by Gasteiger charge is -2.24. The van der Waals surface area contributed by atoms with Crippen LogP contribution in [0.3, 0.4) is 0 Å². The number of allylic oxidation sites excluding steroid dienone is 5. The maximum absolute atomic E-state index is 12.4. The first-order chi connectivity index (χ1) is 12.0. The standard InChI is InChI=1S/C23H21NO/c1-23(2)19-10-6-7-11-20(19)24(3)22(23)15-13-18-17-9-5-4-8-16(17)12-14-21(18)25/h4-15H,1-3H3. The topological polar surface area (TPSA) is 20.3 Å². The molecule has 25 heavy (non-hydrogen) atoms. The molecule has 2 heteroatoms. The van der Waals surface area contributed by atoms with E-state index in [0.717, 1.165) is 16.7 Å². The van der Waals surface area contributed by atoms with Crippen LogP contribution in [0.25, 0.3) is 11.6 Å². The second kappa shape index (κ2) is 5.59. The van der Waals surface area contributed by atoms with Crippen molar-refractivity contribution in [2.45, 2.75) is 19.3 Å². The largest absolute Gasteiger partial charge is 0.347 e. The molecule has 0 unspecified atom stereocenters. The lowest BCUT2D eigenvalue weighted by molar-refractivity contribution is -0.109. The fourth-order valence-corrected chi connectivity index (χ4v) is 3.91. The zero-order chi connectivity index (χ0) is 17.6. The quantitative estimate of drug-likeness (QED) is 0.689. The van der Waals surface area contributed by atoms with Crippen LogP contribution in [0.15, 0.2) is 72.5 Å². The Kier molecular flexibility index (Phi) is 3.50. The Hall–Kier alpha value is -2.87. The van der Waals surface area contributed by atoms with E-state index in [0.29, 0.717) is 0 Å². The molecule has 0 atom stereocenters. The molecule has 0 amide bonds. The number of nitrogens with zero attached hydrogens (tertiary/aromatic N) is 1. The Bertz CT molecular complexity index is 960. The van der Waals surface area contributed by atoms with Gasteiger partial charge in [0.2, 0.25) is 0 Å². The molecule has 1 heterocycles. The zero-order valence-corrected chi connectivity index (χ0v) is 14.8. The maximum atomic E-state index is 12.4. The van der Waals surface area contributed by atoms with Crippen molar-refractivity contribution in [3.8, 4) is 0 Å². The molecule has 0 bridgehead atoms. The summed E-state index contributed by atoms with van der Waals surface area (Å²) in [6, 6.07) is 16.5. The molecular formula is C23H21NO. The molecule has 2 nitrogen and oxygen atoms in total. The van der Waals surface area contributed by atoms with Crippen molar-refractivity contribution in [3.63, 3.8) is 0 Å². The Labute approximate surface area is 148 Å². The number of hydrogen-bond acceptors (Lipinski definition) is 2. The van der Waals surface area contributed by atoms with E-state index in [4.69, 9.17) is 0 Å². The van der Waals surface area contributed by atoms with Crippen LogP contribution in [0.5, 0.6) is 0 Å². The van der Waals surface area contributed by atoms with E-state index >= 15 is 0 Å². The normalized spacial score (nSPS) is 20.9. The molecule has 0 radical (unpaired) electrons. The number of carbonyl (C=O) groups is 1. The van der Waals surface area contributed by atoms with E-state index in [-0.39, 0.29) is 11.2 Å². The van der Waals surface area contributed by atoms with Gasteiger partial charge >= 0.3 is 0 Å². The molecule has 0 spiro atoms. The molecule has 124 valence electrons. The van der Waals surface area contributed by atoms with Crippen LogP contribution >= 0.6 is 0 Å². The molecule has 0 saturated carbocycles. The Morgan fingerprint density at radius 3 is 2.44 bits per heavy atom. The van der Waals surface area contributed by atoms with Gasteiger partial charge in [-0.15, -0.1) is 0 Å². The average molecular weight is 327 g/mol. The first-order valence-electron chi connectivity index (χ1n) is 8.57. The third-order valence-electron chi connectivity index (χ3n) is 5.28. The molecule has 1 aliphatic heterocycles. The van der Waals surface area contributed by atoms with E-state index in [1.54, 1.807) is 6.08 Å². The maximum Gasteiger partial charge on any atom is 0.186 e. The van der Waals surface area contributed by atoms with Crippen LogP contribution < -0.4 is 4.90 Å². The van der Waals surface area contributed by atoms with Gasteiger partial charge in [-0.2, -0.15) is 0 Å². The Morgan fingerprint density at radius 2 is 1.64 bits per heavy atom. The predicted molar refractivity (Wildman–Crippen MR) is 104 cm³/mol. The third-order valence-corrected chi connectivity index (χ3v) is 5.28. The Morgan fingerprint density at radius 1 is 0.920 bits per heavy atom. The molecular weight excluding hydrogens is 306 g/mol. The number of benzene rings is 2. The van der Waals surface area contributed by atoms with E-state index < -0.39 is 0 Å². The molecule has 0 fully saturated rings. The second-order valence-electron chi connectivity index (χ2n) is 7.12. The van der Waals surface area contributed by atoms with Crippen molar-refractivity contribution >= 4 is 23.1 Å². The summed E-state index contributed by atoms with van der Waals surface area (Å²) in [5.41, 5.74) is 6.50. The van der Waals surface area contributed by atoms with Gasteiger partial charge in [-0.1, -0.05) is 62.4 Å². The van der Waals surface area contributed by atoms with Crippen LogP contribution in [-0.2, 0) is 10.2 Å². The highest BCUT2D eigenvalue weighted by Gasteiger charge is 2.37. The highest BCUT2D eigenvalue weighted by molar-refractivity contribution is 6.30. The fourth-order valence-electron chi connectivity index (χ4n) is 3.91. The number of carbonyl (C=O) groups excluding carboxylic acids is 1. The van der Waals surface area contributed by atoms with Gasteiger partial charge in [-0.05, 0) is 41.0 Å². The minimum atomic E-state index is -0.0878. The van der Waals surface area contributed by atoms with Crippen LogP contribution in [-0.4, -0.2) is 12.8 Å². The lowest BCUT2D eigenvalue weighted by Crippen LogP contribution is -2.22. The third kappa shape index (κ3) is 2.37. The van der Waals surface area contributed by atoms with Gasteiger partial charge in [0.1, 0.15) is 0 Å². The first kappa shape index (κ1) is 15.6. The average Bonchev–Trinajstić information content (AvgIpc) is 2.81. The number of hydrogen-bond donors (Lipinski definition) is 0. The van der Waals surface area contributed by atoms with Crippen LogP contribution in [0.2, 0.25) is 0 Å². The molecule has 1 aliphatic carbocycles. The summed E-state index contributed by atoms with van der Waals surface area (Å²) in [4.78, 5) is 14.6. The van der Waals surface area contributed by atoms with Gasteiger partial charge in [-0.3, -0.25) is 4.79 Å². The summed E-state index contributed by atoms with van der Waals surface area (Å²) in [6.45, 7) is 4.46. The van der Waals surface area contributed by atoms with Gasteiger partial charge in [0.25, 0.3) is 0 Å². The number of ketones is 1. The predicted octanol–water partition coefficient (Wildman–Crippen LogP) is 4.98.